The lowest BCUT2D eigenvalue weighted by Crippen LogP contribution is -2.42. The molecule has 2 unspecified atom stereocenters. The van der Waals surface area contributed by atoms with Gasteiger partial charge in [0.2, 0.25) is 11.9 Å². The summed E-state index contributed by atoms with van der Waals surface area (Å²) in [4.78, 5) is 100. The highest BCUT2D eigenvalue weighted by atomic mass is 32.2. The number of aliphatic hydroxyl groups excluding tert-OH is 1. The molecule has 2 amide bonds. The number of nitrogens with zero attached hydrogens (tertiary/aromatic N) is 5. The van der Waals surface area contributed by atoms with Gasteiger partial charge < -0.3 is 59.8 Å². The summed E-state index contributed by atoms with van der Waals surface area (Å²) in [6.07, 6.45) is -1.38. The summed E-state index contributed by atoms with van der Waals surface area (Å²) in [5, 5.41) is 17.0. The number of imidazole rings is 1. The van der Waals surface area contributed by atoms with Crippen molar-refractivity contribution in [1.82, 2.24) is 30.2 Å². The van der Waals surface area contributed by atoms with Crippen LogP contribution >= 0.6 is 23.5 Å². The largest absolute Gasteiger partial charge is 0.490 e. The first-order valence-electron chi connectivity index (χ1n) is 21.6. The number of hydrogen-bond acceptors (Lipinski definition) is 20. The second-order valence-corrected chi connectivity index (χ2v) is 21.9. The minimum Gasteiger partial charge on any atom is -0.440 e. The summed E-state index contributed by atoms with van der Waals surface area (Å²) in [5.41, 5.74) is 6.09. The third-order valence-corrected chi connectivity index (χ3v) is 15.2. The van der Waals surface area contributed by atoms with Gasteiger partial charge in [0.1, 0.15) is 24.3 Å². The molecule has 1 aliphatic rings. The Kier molecular flexibility index (Phi) is 18.3. The molecule has 5 aromatic rings. The molecule has 4 aromatic heterocycles. The van der Waals surface area contributed by atoms with E-state index in [2.05, 4.69) is 43.6 Å². The Labute approximate surface area is 407 Å². The molecule has 0 spiro atoms. The van der Waals surface area contributed by atoms with Gasteiger partial charge in [0.05, 0.1) is 24.3 Å². The van der Waals surface area contributed by atoms with Crippen LogP contribution in [0.5, 0.6) is 0 Å². The van der Waals surface area contributed by atoms with Gasteiger partial charge in [0.15, 0.2) is 35.9 Å². The van der Waals surface area contributed by atoms with Crippen molar-refractivity contribution in [2.24, 2.45) is 0 Å². The van der Waals surface area contributed by atoms with Gasteiger partial charge in [-0.3, -0.25) is 28.2 Å². The van der Waals surface area contributed by atoms with Gasteiger partial charge in [0, 0.05) is 73.9 Å². The number of rotatable bonds is 25. The zero-order chi connectivity index (χ0) is 52.6. The molecule has 72 heavy (non-hydrogen) atoms. The van der Waals surface area contributed by atoms with Crippen molar-refractivity contribution >= 4 is 79.4 Å². The molecule has 5 heterocycles. The van der Waals surface area contributed by atoms with E-state index in [0.29, 0.717) is 54.6 Å². The standard InChI is InChI=1S/C38H50N9O21P3S/c1-2-46(25-9-8-24-19-26(36(51)65-27(24)20-25)23-10-16-45(17-11-23)14-6-18-72(60,61)62)15-5-3-4-7-29(48)40-12-13-41-38(52)66-32-28(21-63-70(56,57)68-71(58,59)67-69(53,54)55)64-35(31(32)49)47-22-42-30-33(47)43-37(39)44-34(30)50/h8-11,16-17,19-20,22,28,31-32,35,49H,2-7,12-15,18,21H2,1H3,(H9-,39,40,41,43,44,48,50,52,53,54,55,56,57,58,59,60,61,62)/p+1/t28-,31-,32-,35-/m1/s1. The van der Waals surface area contributed by atoms with Gasteiger partial charge >= 0.3 is 35.2 Å². The fourth-order valence-corrected chi connectivity index (χ4v) is 10.9. The van der Waals surface area contributed by atoms with Crippen LogP contribution < -0.4 is 37.0 Å². The van der Waals surface area contributed by atoms with Gasteiger partial charge in [-0.05, 0) is 38.0 Å². The number of pyridine rings is 1. The van der Waals surface area contributed by atoms with Crippen LogP contribution in [-0.4, -0.2) is 126 Å². The van der Waals surface area contributed by atoms with E-state index >= 15 is 0 Å². The monoisotopic (exact) mass is 1090 g/mol. The molecule has 0 bridgehead atoms. The Morgan fingerprint density at radius 3 is 2.40 bits per heavy atom. The van der Waals surface area contributed by atoms with E-state index in [0.717, 1.165) is 23.0 Å². The molecule has 6 atom stereocenters. The summed E-state index contributed by atoms with van der Waals surface area (Å²) in [7, 11) is -21.4. The molecule has 1 saturated heterocycles. The number of alkyl carbamates (subject to hydrolysis) is 1. The molecule has 1 aromatic carbocycles. The SMILES string of the molecule is CCN(CCCCCC(=O)NCCNC(=O)O[C@H]1[C@@H](O)[C@H](n2cnc3c(=O)[nH]c(N)nc32)O[C@@H]1COP(=O)(O)OP(=O)(O)OP(=O)(O)O)c1ccc2cc(-c3cc[n+](CCCS(=O)(=O)O)cc3)c(=O)oc2c1. The number of phosphoric acid groups is 3. The lowest BCUT2D eigenvalue weighted by Gasteiger charge is -2.23. The number of unbranched alkanes of at least 4 members (excludes halogenated alkanes) is 2. The first kappa shape index (κ1) is 55.8. The van der Waals surface area contributed by atoms with E-state index in [1.165, 1.54) is 0 Å². The summed E-state index contributed by atoms with van der Waals surface area (Å²) >= 11 is 0. The predicted molar refractivity (Wildman–Crippen MR) is 249 cm³/mol. The Morgan fingerprint density at radius 1 is 0.986 bits per heavy atom. The fraction of sp³-hybridized carbons (Fsp3) is 0.447. The molecular formula is C38H51N9O21P3S+. The number of carbonyl (C=O) groups excluding carboxylic acids is 2. The van der Waals surface area contributed by atoms with Crippen LogP contribution in [0, 0.1) is 0 Å². The molecule has 0 radical (unpaired) electrons. The second kappa shape index (κ2) is 23.6. The van der Waals surface area contributed by atoms with Crippen molar-refractivity contribution in [2.75, 3.05) is 49.2 Å². The van der Waals surface area contributed by atoms with Crippen molar-refractivity contribution in [3.8, 4) is 11.1 Å². The first-order valence-corrected chi connectivity index (χ1v) is 27.8. The first-order chi connectivity index (χ1) is 33.8. The van der Waals surface area contributed by atoms with Gasteiger partial charge in [-0.2, -0.15) is 22.0 Å². The number of aryl methyl sites for hydroxylation is 1. The quantitative estimate of drug-likeness (QED) is 0.0128. The number of anilines is 2. The smallest absolute Gasteiger partial charge is 0.440 e. The average molecular weight is 1090 g/mol. The molecule has 1 aliphatic heterocycles. The minimum atomic E-state index is -5.91. The van der Waals surface area contributed by atoms with E-state index < -0.39 is 82.0 Å². The fourth-order valence-electron chi connectivity index (χ4n) is 7.40. The third kappa shape index (κ3) is 15.8. The van der Waals surface area contributed by atoms with Crippen LogP contribution in [0.25, 0.3) is 33.3 Å². The maximum atomic E-state index is 13.0. The van der Waals surface area contributed by atoms with Crippen LogP contribution in [0.2, 0.25) is 0 Å². The van der Waals surface area contributed by atoms with Crippen LogP contribution in [0.4, 0.5) is 16.4 Å². The summed E-state index contributed by atoms with van der Waals surface area (Å²) in [6, 6.07) is 10.7. The number of nitrogens with one attached hydrogen (secondary N) is 3. The third-order valence-electron chi connectivity index (χ3n) is 10.6. The Hall–Kier alpha value is -5.49. The maximum absolute atomic E-state index is 13.0. The molecule has 34 heteroatoms. The number of fused-ring (bicyclic) bond motifs is 2. The highest BCUT2D eigenvalue weighted by Crippen LogP contribution is 2.66. The zero-order valence-corrected chi connectivity index (χ0v) is 41.4. The number of aromatic amines is 1. The molecule has 0 aliphatic carbocycles. The Balaban J connectivity index is 0.952. The number of amides is 2. The molecule has 11 N–H and O–H groups in total. The average Bonchev–Trinajstić information content (AvgIpc) is 3.83. The number of H-pyrrole nitrogens is 1. The predicted octanol–water partition coefficient (Wildman–Crippen LogP) is 0.940. The zero-order valence-electron chi connectivity index (χ0n) is 37.9. The minimum absolute atomic E-state index is 0.0606. The summed E-state index contributed by atoms with van der Waals surface area (Å²) < 4.78 is 97.8. The van der Waals surface area contributed by atoms with E-state index in [4.69, 9.17) is 34.0 Å². The molecule has 1 fully saturated rings. The van der Waals surface area contributed by atoms with Gasteiger partial charge in [0.25, 0.3) is 15.7 Å². The number of hydrogen-bond donors (Lipinski definition) is 10. The lowest BCUT2D eigenvalue weighted by molar-refractivity contribution is -0.696. The number of nitrogen functional groups attached to an aromatic ring is 1. The number of phosphoric ester groups is 1. The molecule has 0 saturated carbocycles. The van der Waals surface area contributed by atoms with Crippen molar-refractivity contribution in [2.45, 2.75) is 70.1 Å². The molecular weight excluding hydrogens is 1040 g/mol. The van der Waals surface area contributed by atoms with E-state index in [-0.39, 0.29) is 54.7 Å². The van der Waals surface area contributed by atoms with E-state index in [1.807, 2.05) is 19.1 Å². The Bertz CT molecular complexity index is 3130. The van der Waals surface area contributed by atoms with Crippen LogP contribution in [-0.2, 0) is 57.8 Å². The van der Waals surface area contributed by atoms with Crippen molar-refractivity contribution in [3.63, 3.8) is 0 Å². The lowest BCUT2D eigenvalue weighted by atomic mass is 10.1. The number of aliphatic hydroxyl groups is 1. The van der Waals surface area contributed by atoms with Crippen LogP contribution in [0.15, 0.2) is 69.1 Å². The number of carbonyl (C=O) groups is 2. The van der Waals surface area contributed by atoms with E-state index in [1.54, 1.807) is 41.2 Å². The summed E-state index contributed by atoms with van der Waals surface area (Å²) in [5.74, 6) is -1.03. The van der Waals surface area contributed by atoms with Crippen molar-refractivity contribution < 1.29 is 92.5 Å². The van der Waals surface area contributed by atoms with Crippen molar-refractivity contribution in [3.05, 3.63) is 75.9 Å². The highest BCUT2D eigenvalue weighted by molar-refractivity contribution is 7.85. The number of benzene rings is 1. The highest BCUT2D eigenvalue weighted by Gasteiger charge is 2.50. The normalized spacial score (nSPS) is 18.9. The second-order valence-electron chi connectivity index (χ2n) is 15.9. The number of aromatic nitrogens is 5. The number of nitrogens with two attached hydrogens (primary N) is 1. The van der Waals surface area contributed by atoms with Crippen LogP contribution in [0.1, 0.15) is 45.3 Å². The number of ether oxygens (including phenoxy) is 2. The van der Waals surface area contributed by atoms with E-state index in [9.17, 15) is 56.2 Å². The molecule has 394 valence electrons. The Morgan fingerprint density at radius 2 is 1.71 bits per heavy atom. The van der Waals surface area contributed by atoms with Gasteiger partial charge in [-0.25, -0.2) is 32.8 Å². The van der Waals surface area contributed by atoms with Gasteiger partial charge in [-0.15, -0.1) is 0 Å². The van der Waals surface area contributed by atoms with Crippen LogP contribution in [0.3, 0.4) is 0 Å². The van der Waals surface area contributed by atoms with Crippen molar-refractivity contribution in [1.29, 1.82) is 0 Å². The maximum Gasteiger partial charge on any atom is 0.490 e. The summed E-state index contributed by atoms with van der Waals surface area (Å²) in [6.45, 7) is 2.21. The topological polar surface area (TPSA) is 438 Å². The van der Waals surface area contributed by atoms with Gasteiger partial charge in [-0.1, -0.05) is 6.42 Å². The molecule has 30 nitrogen and oxygen atoms in total. The molecule has 6 rings (SSSR count).